The van der Waals surface area contributed by atoms with Gasteiger partial charge in [0.25, 0.3) is 11.6 Å². The summed E-state index contributed by atoms with van der Waals surface area (Å²) in [6, 6.07) is 13.4. The number of hydrogen-bond acceptors (Lipinski definition) is 4. The number of carbonyl (C=O) groups excluding carboxylic acids is 1. The number of rotatable bonds is 4. The van der Waals surface area contributed by atoms with E-state index in [2.05, 4.69) is 31.3 Å². The maximum Gasteiger partial charge on any atom is 0.271 e. The zero-order valence-electron chi connectivity index (χ0n) is 14.7. The van der Waals surface area contributed by atoms with E-state index in [9.17, 15) is 14.9 Å². The minimum atomic E-state index is -0.509. The van der Waals surface area contributed by atoms with Gasteiger partial charge in [0.05, 0.1) is 10.6 Å². The molecule has 0 unspecified atom stereocenters. The molecule has 2 rings (SSSR count). The molecule has 0 aliphatic carbocycles. The van der Waals surface area contributed by atoms with Gasteiger partial charge in [-0.25, -0.2) is 5.43 Å². The molecule has 0 radical (unpaired) electrons. The lowest BCUT2D eigenvalue weighted by Crippen LogP contribution is -2.19. The van der Waals surface area contributed by atoms with Crippen molar-refractivity contribution in [2.75, 3.05) is 0 Å². The molecule has 6 heteroatoms. The summed E-state index contributed by atoms with van der Waals surface area (Å²) in [5, 5.41) is 14.7. The molecule has 0 saturated carbocycles. The van der Waals surface area contributed by atoms with Crippen LogP contribution in [-0.2, 0) is 5.41 Å². The van der Waals surface area contributed by atoms with Crippen LogP contribution >= 0.6 is 0 Å². The second-order valence-corrected chi connectivity index (χ2v) is 6.77. The molecule has 0 heterocycles. The van der Waals surface area contributed by atoms with Gasteiger partial charge >= 0.3 is 0 Å². The van der Waals surface area contributed by atoms with Crippen molar-refractivity contribution in [3.8, 4) is 0 Å². The summed E-state index contributed by atoms with van der Waals surface area (Å²) in [5.74, 6) is -0.416. The molecule has 0 bridgehead atoms. The zero-order valence-corrected chi connectivity index (χ0v) is 14.7. The largest absolute Gasteiger partial charge is 0.271 e. The number of nitrogens with one attached hydrogen (secondary N) is 1. The SMILES string of the molecule is C/C(=N/NC(=O)c1ccc([N+](=O)[O-])cc1)c1ccc(C(C)(C)C)cc1. The standard InChI is InChI=1S/C19H21N3O3/c1-13(14-5-9-16(10-6-14)19(2,3)4)20-21-18(23)15-7-11-17(12-8-15)22(24)25/h5-12H,1-4H3,(H,21,23)/b20-13-. The first kappa shape index (κ1) is 18.3. The maximum absolute atomic E-state index is 12.1. The van der Waals surface area contributed by atoms with Crippen LogP contribution < -0.4 is 5.43 Å². The summed E-state index contributed by atoms with van der Waals surface area (Å²) >= 11 is 0. The molecular weight excluding hydrogens is 318 g/mol. The first-order valence-corrected chi connectivity index (χ1v) is 7.88. The van der Waals surface area contributed by atoms with Crippen molar-refractivity contribution >= 4 is 17.3 Å². The number of amides is 1. The van der Waals surface area contributed by atoms with Crippen LogP contribution in [0.25, 0.3) is 0 Å². The Labute approximate surface area is 146 Å². The van der Waals surface area contributed by atoms with Crippen LogP contribution in [0.5, 0.6) is 0 Å². The molecule has 25 heavy (non-hydrogen) atoms. The highest BCUT2D eigenvalue weighted by Crippen LogP contribution is 2.22. The Morgan fingerprint density at radius 2 is 1.52 bits per heavy atom. The van der Waals surface area contributed by atoms with Crippen molar-refractivity contribution in [3.63, 3.8) is 0 Å². The third-order valence-corrected chi connectivity index (χ3v) is 3.83. The van der Waals surface area contributed by atoms with E-state index < -0.39 is 10.8 Å². The van der Waals surface area contributed by atoms with Crippen molar-refractivity contribution in [2.45, 2.75) is 33.1 Å². The molecule has 0 aliphatic rings. The number of benzene rings is 2. The number of hydrazone groups is 1. The fourth-order valence-corrected chi connectivity index (χ4v) is 2.21. The molecule has 6 nitrogen and oxygen atoms in total. The fourth-order valence-electron chi connectivity index (χ4n) is 2.21. The molecule has 0 atom stereocenters. The normalized spacial score (nSPS) is 11.9. The third-order valence-electron chi connectivity index (χ3n) is 3.83. The molecule has 0 fully saturated rings. The first-order chi connectivity index (χ1) is 11.7. The first-order valence-electron chi connectivity index (χ1n) is 7.88. The molecule has 0 aromatic heterocycles. The van der Waals surface area contributed by atoms with E-state index in [0.29, 0.717) is 11.3 Å². The van der Waals surface area contributed by atoms with Gasteiger partial charge in [-0.2, -0.15) is 5.10 Å². The predicted molar refractivity (Wildman–Crippen MR) is 97.9 cm³/mol. The van der Waals surface area contributed by atoms with Crippen LogP contribution in [0.3, 0.4) is 0 Å². The van der Waals surface area contributed by atoms with Crippen LogP contribution in [0.1, 0.15) is 49.2 Å². The molecule has 130 valence electrons. The van der Waals surface area contributed by atoms with E-state index >= 15 is 0 Å². The van der Waals surface area contributed by atoms with Gasteiger partial charge in [-0.15, -0.1) is 0 Å². The summed E-state index contributed by atoms with van der Waals surface area (Å²) in [4.78, 5) is 22.2. The van der Waals surface area contributed by atoms with Crippen molar-refractivity contribution in [1.29, 1.82) is 0 Å². The molecule has 0 aliphatic heterocycles. The van der Waals surface area contributed by atoms with E-state index in [-0.39, 0.29) is 11.1 Å². The fraction of sp³-hybridized carbons (Fsp3) is 0.263. The lowest BCUT2D eigenvalue weighted by Gasteiger charge is -2.19. The second-order valence-electron chi connectivity index (χ2n) is 6.77. The lowest BCUT2D eigenvalue weighted by atomic mass is 9.86. The summed E-state index contributed by atoms with van der Waals surface area (Å²) < 4.78 is 0. The summed E-state index contributed by atoms with van der Waals surface area (Å²) in [7, 11) is 0. The van der Waals surface area contributed by atoms with Gasteiger partial charge in [0, 0.05) is 17.7 Å². The van der Waals surface area contributed by atoms with Gasteiger partial charge in [0.15, 0.2) is 0 Å². The Morgan fingerprint density at radius 1 is 1.00 bits per heavy atom. The molecule has 1 amide bonds. The highest BCUT2D eigenvalue weighted by molar-refractivity contribution is 6.00. The minimum absolute atomic E-state index is 0.0600. The summed E-state index contributed by atoms with van der Waals surface area (Å²) in [5.41, 5.74) is 5.61. The van der Waals surface area contributed by atoms with Crippen molar-refractivity contribution in [2.24, 2.45) is 5.10 Å². The quantitative estimate of drug-likeness (QED) is 0.518. The van der Waals surface area contributed by atoms with E-state index in [4.69, 9.17) is 0 Å². The highest BCUT2D eigenvalue weighted by atomic mass is 16.6. The average molecular weight is 339 g/mol. The molecule has 1 N–H and O–H groups in total. The molecule has 2 aromatic carbocycles. The predicted octanol–water partition coefficient (Wildman–Crippen LogP) is 4.05. The van der Waals surface area contributed by atoms with E-state index in [1.807, 2.05) is 31.2 Å². The number of nitrogens with zero attached hydrogens (tertiary/aromatic N) is 2. The second kappa shape index (κ2) is 7.25. The topological polar surface area (TPSA) is 84.6 Å². The van der Waals surface area contributed by atoms with Gasteiger partial charge in [0.2, 0.25) is 0 Å². The lowest BCUT2D eigenvalue weighted by molar-refractivity contribution is -0.384. The van der Waals surface area contributed by atoms with Crippen molar-refractivity contribution < 1.29 is 9.72 Å². The number of carbonyl (C=O) groups is 1. The smallest absolute Gasteiger partial charge is 0.267 e. The molecule has 0 spiro atoms. The Bertz CT molecular complexity index is 801. The van der Waals surface area contributed by atoms with E-state index in [1.54, 1.807) is 0 Å². The van der Waals surface area contributed by atoms with Crippen LogP contribution in [0.2, 0.25) is 0 Å². The Balaban J connectivity index is 2.07. The number of non-ortho nitro benzene ring substituents is 1. The minimum Gasteiger partial charge on any atom is -0.267 e. The number of hydrogen-bond donors (Lipinski definition) is 1. The van der Waals surface area contributed by atoms with Gasteiger partial charge in [-0.05, 0) is 35.6 Å². The molecular formula is C19H21N3O3. The number of nitro groups is 1. The van der Waals surface area contributed by atoms with E-state index in [0.717, 1.165) is 5.56 Å². The summed E-state index contributed by atoms with van der Waals surface area (Å²) in [6.07, 6.45) is 0. The Kier molecular flexibility index (Phi) is 5.32. The summed E-state index contributed by atoms with van der Waals surface area (Å²) in [6.45, 7) is 8.25. The van der Waals surface area contributed by atoms with Crippen molar-refractivity contribution in [1.82, 2.24) is 5.43 Å². The molecule has 0 saturated heterocycles. The van der Waals surface area contributed by atoms with Gasteiger partial charge in [-0.3, -0.25) is 14.9 Å². The van der Waals surface area contributed by atoms with Crippen LogP contribution in [0, 0.1) is 10.1 Å². The highest BCUT2D eigenvalue weighted by Gasteiger charge is 2.13. The third kappa shape index (κ3) is 4.73. The van der Waals surface area contributed by atoms with Gasteiger partial charge < -0.3 is 0 Å². The monoisotopic (exact) mass is 339 g/mol. The van der Waals surface area contributed by atoms with Crippen LogP contribution in [-0.4, -0.2) is 16.5 Å². The van der Waals surface area contributed by atoms with Crippen LogP contribution in [0.15, 0.2) is 53.6 Å². The molecule has 2 aromatic rings. The maximum atomic E-state index is 12.1. The van der Waals surface area contributed by atoms with Crippen molar-refractivity contribution in [3.05, 3.63) is 75.3 Å². The Morgan fingerprint density at radius 3 is 2.00 bits per heavy atom. The number of nitro benzene ring substituents is 1. The zero-order chi connectivity index (χ0) is 18.6. The Hall–Kier alpha value is -3.02. The van der Waals surface area contributed by atoms with Crippen LogP contribution in [0.4, 0.5) is 5.69 Å². The van der Waals surface area contributed by atoms with E-state index in [1.165, 1.54) is 29.8 Å². The van der Waals surface area contributed by atoms with Gasteiger partial charge in [-0.1, -0.05) is 45.0 Å². The van der Waals surface area contributed by atoms with Gasteiger partial charge in [0.1, 0.15) is 0 Å². The average Bonchev–Trinajstić information content (AvgIpc) is 2.58.